The van der Waals surface area contributed by atoms with E-state index in [2.05, 4.69) is 15.0 Å². The van der Waals surface area contributed by atoms with Crippen molar-refractivity contribution < 1.29 is 0 Å². The van der Waals surface area contributed by atoms with Crippen LogP contribution in [0.25, 0.3) is 27.3 Å². The van der Waals surface area contributed by atoms with Crippen molar-refractivity contribution in [3.8, 4) is 17.1 Å². The van der Waals surface area contributed by atoms with E-state index in [1.165, 1.54) is 22.0 Å². The summed E-state index contributed by atoms with van der Waals surface area (Å²) < 4.78 is 2.35. The van der Waals surface area contributed by atoms with E-state index in [0.29, 0.717) is 22.2 Å². The Bertz CT molecular complexity index is 1210. The molecular formula is C18H14ClN5OS. The molecule has 0 spiro atoms. The Morgan fingerprint density at radius 3 is 2.81 bits per heavy atom. The number of hydrogen-bond acceptors (Lipinski definition) is 6. The molecule has 0 saturated heterocycles. The lowest BCUT2D eigenvalue weighted by Crippen LogP contribution is -2.19. The molecule has 0 radical (unpaired) electrons. The number of rotatable bonds is 2. The molecule has 0 amide bonds. The number of hydrogen-bond donors (Lipinski definition) is 1. The first-order chi connectivity index (χ1) is 12.5. The zero-order valence-corrected chi connectivity index (χ0v) is 15.6. The van der Waals surface area contributed by atoms with Crippen LogP contribution in [0, 0.1) is 13.8 Å². The van der Waals surface area contributed by atoms with Gasteiger partial charge in [-0.15, -0.1) is 11.3 Å². The molecule has 3 aromatic heterocycles. The number of nitrogen functional groups attached to an aromatic ring is 1. The van der Waals surface area contributed by atoms with E-state index in [1.54, 1.807) is 30.8 Å². The van der Waals surface area contributed by atoms with E-state index in [9.17, 15) is 4.79 Å². The molecule has 0 aliphatic rings. The van der Waals surface area contributed by atoms with Gasteiger partial charge in [0.1, 0.15) is 11.5 Å². The normalized spacial score (nSPS) is 11.2. The van der Waals surface area contributed by atoms with Gasteiger partial charge in [-0.05, 0) is 31.5 Å². The number of nitrogens with two attached hydrogens (primary N) is 1. The molecule has 4 rings (SSSR count). The van der Waals surface area contributed by atoms with Gasteiger partial charge in [0, 0.05) is 17.8 Å². The number of aryl methyl sites for hydroxylation is 2. The third kappa shape index (κ3) is 2.56. The van der Waals surface area contributed by atoms with Crippen LogP contribution in [0.15, 0.2) is 40.8 Å². The molecule has 130 valence electrons. The molecule has 0 aliphatic carbocycles. The van der Waals surface area contributed by atoms with Crippen LogP contribution >= 0.6 is 22.9 Å². The molecule has 26 heavy (non-hydrogen) atoms. The highest BCUT2D eigenvalue weighted by Crippen LogP contribution is 2.37. The first-order valence-electron chi connectivity index (χ1n) is 7.82. The first-order valence-corrected chi connectivity index (χ1v) is 9.08. The van der Waals surface area contributed by atoms with Crippen molar-refractivity contribution in [3.63, 3.8) is 0 Å². The molecule has 0 fully saturated rings. The summed E-state index contributed by atoms with van der Waals surface area (Å²) in [5, 5.41) is 0.589. The van der Waals surface area contributed by atoms with Gasteiger partial charge in [0.2, 0.25) is 0 Å². The number of pyridine rings is 1. The van der Waals surface area contributed by atoms with Crippen LogP contribution in [0.5, 0.6) is 0 Å². The smallest absolute Gasteiger partial charge is 0.256 e. The van der Waals surface area contributed by atoms with Gasteiger partial charge >= 0.3 is 0 Å². The molecule has 1 aromatic carbocycles. The highest BCUT2D eigenvalue weighted by Gasteiger charge is 2.19. The zero-order valence-electron chi connectivity index (χ0n) is 14.0. The molecule has 6 nitrogen and oxygen atoms in total. The molecule has 0 aliphatic heterocycles. The zero-order chi connectivity index (χ0) is 18.4. The van der Waals surface area contributed by atoms with Gasteiger partial charge in [0.25, 0.3) is 5.56 Å². The van der Waals surface area contributed by atoms with Crippen LogP contribution < -0.4 is 11.3 Å². The fourth-order valence-electron chi connectivity index (χ4n) is 2.83. The van der Waals surface area contributed by atoms with E-state index in [0.717, 1.165) is 21.3 Å². The second-order valence-corrected chi connectivity index (χ2v) is 7.10. The highest BCUT2D eigenvalue weighted by atomic mass is 35.5. The van der Waals surface area contributed by atoms with Crippen LogP contribution in [0.4, 0.5) is 5.82 Å². The third-order valence-corrected chi connectivity index (χ3v) is 5.48. The van der Waals surface area contributed by atoms with Crippen LogP contribution in [-0.4, -0.2) is 19.5 Å². The van der Waals surface area contributed by atoms with Crippen LogP contribution in [0.2, 0.25) is 5.02 Å². The van der Waals surface area contributed by atoms with Gasteiger partial charge in [-0.3, -0.25) is 9.36 Å². The van der Waals surface area contributed by atoms with E-state index >= 15 is 0 Å². The summed E-state index contributed by atoms with van der Waals surface area (Å²) in [6.07, 6.45) is 1.64. The number of aromatic nitrogens is 4. The minimum Gasteiger partial charge on any atom is -0.382 e. The Labute approximate surface area is 157 Å². The van der Waals surface area contributed by atoms with Crippen molar-refractivity contribution in [3.05, 3.63) is 62.6 Å². The quantitative estimate of drug-likeness (QED) is 0.569. The average molecular weight is 384 g/mol. The van der Waals surface area contributed by atoms with Crippen LogP contribution in [-0.2, 0) is 0 Å². The number of halogens is 1. The summed E-state index contributed by atoms with van der Waals surface area (Å²) in [7, 11) is 0. The van der Waals surface area contributed by atoms with Gasteiger partial charge in [-0.2, -0.15) is 0 Å². The Morgan fingerprint density at radius 2 is 2.04 bits per heavy atom. The van der Waals surface area contributed by atoms with Crippen molar-refractivity contribution in [2.75, 3.05) is 5.73 Å². The van der Waals surface area contributed by atoms with Crippen molar-refractivity contribution in [1.29, 1.82) is 0 Å². The lowest BCUT2D eigenvalue weighted by Gasteiger charge is -2.15. The molecule has 8 heteroatoms. The Balaban J connectivity index is 2.10. The van der Waals surface area contributed by atoms with Gasteiger partial charge in [-0.1, -0.05) is 17.7 Å². The molecule has 0 bridgehead atoms. The molecule has 3 heterocycles. The van der Waals surface area contributed by atoms with Gasteiger partial charge in [-0.25, -0.2) is 15.0 Å². The largest absolute Gasteiger partial charge is 0.382 e. The predicted molar refractivity (Wildman–Crippen MR) is 105 cm³/mol. The number of nitrogens with zero attached hydrogens (tertiary/aromatic N) is 4. The third-order valence-electron chi connectivity index (χ3n) is 4.21. The second kappa shape index (κ2) is 6.19. The van der Waals surface area contributed by atoms with Crippen molar-refractivity contribution in [1.82, 2.24) is 19.5 Å². The van der Waals surface area contributed by atoms with Gasteiger partial charge < -0.3 is 5.73 Å². The van der Waals surface area contributed by atoms with Gasteiger partial charge in [0.15, 0.2) is 5.82 Å². The summed E-state index contributed by atoms with van der Waals surface area (Å²) in [5.41, 5.74) is 11.2. The molecule has 0 atom stereocenters. The first kappa shape index (κ1) is 16.7. The number of anilines is 1. The Hall–Kier alpha value is -2.77. The van der Waals surface area contributed by atoms with Crippen molar-refractivity contribution in [2.24, 2.45) is 0 Å². The molecular weight excluding hydrogens is 370 g/mol. The maximum Gasteiger partial charge on any atom is 0.256 e. The van der Waals surface area contributed by atoms with Crippen molar-refractivity contribution >= 4 is 39.0 Å². The maximum absolute atomic E-state index is 12.3. The van der Waals surface area contributed by atoms with E-state index in [4.69, 9.17) is 17.3 Å². The molecule has 0 saturated carbocycles. The number of benzene rings is 1. The average Bonchev–Trinajstić information content (AvgIpc) is 3.12. The summed E-state index contributed by atoms with van der Waals surface area (Å²) in [5.74, 6) is 0.644. The molecule has 0 unspecified atom stereocenters. The van der Waals surface area contributed by atoms with Crippen molar-refractivity contribution in [2.45, 2.75) is 13.8 Å². The fourth-order valence-corrected chi connectivity index (χ4v) is 3.92. The number of thiazole rings is 1. The van der Waals surface area contributed by atoms with Crippen LogP contribution in [0.3, 0.4) is 0 Å². The standard InChI is InChI=1S/C18H14ClN5OS/c1-9-11(7-12(19)16-14(9)21-8-26-16)15-18(23-17(20)10(2)22-15)24-6-4-3-5-13(24)25/h3-8H,1-2H3,(H2,20,23). The molecule has 2 N–H and O–H groups in total. The number of fused-ring (bicyclic) bond motifs is 1. The fraction of sp³-hybridized carbons (Fsp3) is 0.111. The van der Waals surface area contributed by atoms with E-state index < -0.39 is 0 Å². The minimum absolute atomic E-state index is 0.218. The lowest BCUT2D eigenvalue weighted by molar-refractivity contribution is 0.924. The predicted octanol–water partition coefficient (Wildman–Crippen LogP) is 3.76. The second-order valence-electron chi connectivity index (χ2n) is 5.84. The lowest BCUT2D eigenvalue weighted by atomic mass is 10.0. The summed E-state index contributed by atoms with van der Waals surface area (Å²) in [6.45, 7) is 3.74. The summed E-state index contributed by atoms with van der Waals surface area (Å²) in [4.78, 5) is 25.8. The maximum atomic E-state index is 12.3. The van der Waals surface area contributed by atoms with E-state index in [-0.39, 0.29) is 11.4 Å². The monoisotopic (exact) mass is 383 g/mol. The summed E-state index contributed by atoms with van der Waals surface area (Å²) >= 11 is 7.94. The minimum atomic E-state index is -0.218. The van der Waals surface area contributed by atoms with Gasteiger partial charge in [0.05, 0.1) is 26.4 Å². The summed E-state index contributed by atoms with van der Waals surface area (Å²) in [6, 6.07) is 6.73. The SMILES string of the molecule is Cc1nc(-c2cc(Cl)c3scnc3c2C)c(-n2ccccc2=O)nc1N. The van der Waals surface area contributed by atoms with E-state index in [1.807, 2.05) is 13.0 Å². The van der Waals surface area contributed by atoms with Crippen LogP contribution in [0.1, 0.15) is 11.3 Å². The molecule has 4 aromatic rings. The topological polar surface area (TPSA) is 86.7 Å². The Kier molecular flexibility index (Phi) is 3.97. The Morgan fingerprint density at radius 1 is 1.23 bits per heavy atom. The highest BCUT2D eigenvalue weighted by molar-refractivity contribution is 7.17.